The summed E-state index contributed by atoms with van der Waals surface area (Å²) >= 11 is 0. The molecule has 0 saturated carbocycles. The highest BCUT2D eigenvalue weighted by Gasteiger charge is 2.19. The largest absolute Gasteiger partial charge is 0.496 e. The lowest BCUT2D eigenvalue weighted by molar-refractivity contribution is -0.384. The summed E-state index contributed by atoms with van der Waals surface area (Å²) in [7, 11) is 1.62. The molecule has 2 aromatic heterocycles. The molecular formula is C23H17N5O3. The lowest BCUT2D eigenvalue weighted by Gasteiger charge is -2.12. The maximum atomic E-state index is 11.3. The number of hydrogen-bond acceptors (Lipinski definition) is 6. The van der Waals surface area contributed by atoms with E-state index < -0.39 is 4.92 Å². The molecule has 0 atom stereocenters. The lowest BCUT2D eigenvalue weighted by atomic mass is 10.1. The molecule has 152 valence electrons. The fourth-order valence-electron chi connectivity index (χ4n) is 3.63. The SMILES string of the molecule is COc1ccccc1Cn1c(-c2cccc([N+](=O)[O-])c2)nc2nc3ccccc3nc21. The van der Waals surface area contributed by atoms with E-state index in [9.17, 15) is 10.1 Å². The van der Waals surface area contributed by atoms with Gasteiger partial charge in [-0.3, -0.25) is 10.1 Å². The van der Waals surface area contributed by atoms with Crippen molar-refractivity contribution in [2.45, 2.75) is 6.54 Å². The third-order valence-corrected chi connectivity index (χ3v) is 5.09. The quantitative estimate of drug-likeness (QED) is 0.309. The van der Waals surface area contributed by atoms with Crippen molar-refractivity contribution in [3.05, 3.63) is 88.5 Å². The summed E-state index contributed by atoms with van der Waals surface area (Å²) in [5, 5.41) is 11.3. The Balaban J connectivity index is 1.77. The van der Waals surface area contributed by atoms with Crippen LogP contribution in [0.1, 0.15) is 5.56 Å². The lowest BCUT2D eigenvalue weighted by Crippen LogP contribution is -2.05. The molecule has 0 unspecified atom stereocenters. The zero-order valence-electron chi connectivity index (χ0n) is 16.6. The highest BCUT2D eigenvalue weighted by Crippen LogP contribution is 2.29. The van der Waals surface area contributed by atoms with Crippen LogP contribution in [0.4, 0.5) is 5.69 Å². The van der Waals surface area contributed by atoms with Crippen LogP contribution in [0.15, 0.2) is 72.8 Å². The predicted octanol–water partition coefficient (Wildman–Crippen LogP) is 4.61. The van der Waals surface area contributed by atoms with Crippen LogP contribution >= 0.6 is 0 Å². The Labute approximate surface area is 176 Å². The first-order valence-electron chi connectivity index (χ1n) is 9.64. The van der Waals surface area contributed by atoms with E-state index in [1.165, 1.54) is 12.1 Å². The number of imidazole rings is 1. The number of methoxy groups -OCH3 is 1. The van der Waals surface area contributed by atoms with Crippen molar-refractivity contribution in [1.29, 1.82) is 0 Å². The van der Waals surface area contributed by atoms with E-state index in [0.29, 0.717) is 29.2 Å². The van der Waals surface area contributed by atoms with Gasteiger partial charge in [0.25, 0.3) is 5.69 Å². The Kier molecular flexibility index (Phi) is 4.51. The van der Waals surface area contributed by atoms with Crippen LogP contribution in [0.25, 0.3) is 33.7 Å². The van der Waals surface area contributed by atoms with Crippen molar-refractivity contribution in [3.63, 3.8) is 0 Å². The highest BCUT2D eigenvalue weighted by atomic mass is 16.6. The summed E-state index contributed by atoms with van der Waals surface area (Å²) in [5.41, 5.74) is 4.13. The smallest absolute Gasteiger partial charge is 0.270 e. The van der Waals surface area contributed by atoms with E-state index in [-0.39, 0.29) is 5.69 Å². The molecular weight excluding hydrogens is 394 g/mol. The molecule has 0 N–H and O–H groups in total. The van der Waals surface area contributed by atoms with Crippen LogP contribution in [0, 0.1) is 10.1 Å². The number of ether oxygens (including phenoxy) is 1. The normalized spacial score (nSPS) is 11.1. The zero-order chi connectivity index (χ0) is 21.4. The molecule has 0 saturated heterocycles. The average molecular weight is 411 g/mol. The summed E-state index contributed by atoms with van der Waals surface area (Å²) < 4.78 is 7.44. The number of benzene rings is 3. The zero-order valence-corrected chi connectivity index (χ0v) is 16.6. The molecule has 0 radical (unpaired) electrons. The highest BCUT2D eigenvalue weighted by molar-refractivity contribution is 5.85. The summed E-state index contributed by atoms with van der Waals surface area (Å²) in [5.74, 6) is 1.29. The van der Waals surface area contributed by atoms with Gasteiger partial charge in [-0.15, -0.1) is 0 Å². The Morgan fingerprint density at radius 1 is 0.935 bits per heavy atom. The minimum atomic E-state index is -0.415. The molecule has 0 bridgehead atoms. The molecule has 31 heavy (non-hydrogen) atoms. The number of non-ortho nitro benzene ring substituents is 1. The Morgan fingerprint density at radius 2 is 1.68 bits per heavy atom. The second-order valence-corrected chi connectivity index (χ2v) is 7.00. The molecule has 0 aliphatic heterocycles. The molecule has 0 fully saturated rings. The minimum Gasteiger partial charge on any atom is -0.496 e. The van der Waals surface area contributed by atoms with Gasteiger partial charge in [-0.05, 0) is 18.2 Å². The number of hydrogen-bond donors (Lipinski definition) is 0. The van der Waals surface area contributed by atoms with Crippen molar-refractivity contribution >= 4 is 28.0 Å². The van der Waals surface area contributed by atoms with Gasteiger partial charge in [0.1, 0.15) is 11.6 Å². The van der Waals surface area contributed by atoms with E-state index in [2.05, 4.69) is 4.98 Å². The fraction of sp³-hybridized carbons (Fsp3) is 0.0870. The van der Waals surface area contributed by atoms with Crippen LogP contribution in [-0.2, 0) is 6.54 Å². The van der Waals surface area contributed by atoms with E-state index in [4.69, 9.17) is 14.7 Å². The van der Waals surface area contributed by atoms with Crippen LogP contribution in [0.5, 0.6) is 5.75 Å². The van der Waals surface area contributed by atoms with Gasteiger partial charge < -0.3 is 9.30 Å². The van der Waals surface area contributed by atoms with Gasteiger partial charge in [0, 0.05) is 23.3 Å². The van der Waals surface area contributed by atoms with Crippen molar-refractivity contribution in [2.75, 3.05) is 7.11 Å². The van der Waals surface area contributed by atoms with Gasteiger partial charge in [-0.25, -0.2) is 15.0 Å². The number of aromatic nitrogens is 4. The molecule has 5 aromatic rings. The number of rotatable bonds is 5. The second-order valence-electron chi connectivity index (χ2n) is 7.00. The van der Waals surface area contributed by atoms with E-state index >= 15 is 0 Å². The van der Waals surface area contributed by atoms with Crippen molar-refractivity contribution in [2.24, 2.45) is 0 Å². The van der Waals surface area contributed by atoms with Crippen molar-refractivity contribution < 1.29 is 9.66 Å². The Morgan fingerprint density at radius 3 is 2.45 bits per heavy atom. The Hall–Kier alpha value is -4.33. The van der Waals surface area contributed by atoms with Gasteiger partial charge in [0.05, 0.1) is 29.6 Å². The number of nitro groups is 1. The van der Waals surface area contributed by atoms with Crippen LogP contribution in [0.2, 0.25) is 0 Å². The predicted molar refractivity (Wildman–Crippen MR) is 117 cm³/mol. The summed E-state index contributed by atoms with van der Waals surface area (Å²) in [6, 6.07) is 21.7. The molecule has 5 rings (SSSR count). The van der Waals surface area contributed by atoms with Gasteiger partial charge in [0.2, 0.25) is 0 Å². The van der Waals surface area contributed by atoms with Crippen LogP contribution in [-0.4, -0.2) is 31.6 Å². The van der Waals surface area contributed by atoms with Crippen LogP contribution < -0.4 is 4.74 Å². The number of fused-ring (bicyclic) bond motifs is 2. The maximum Gasteiger partial charge on any atom is 0.270 e. The third-order valence-electron chi connectivity index (χ3n) is 5.09. The molecule has 0 spiro atoms. The number of nitrogens with zero attached hydrogens (tertiary/aromatic N) is 5. The standard InChI is InChI=1S/C23H17N5O3/c1-31-20-12-5-2-7-16(20)14-27-22(15-8-6-9-17(13-15)28(29)30)26-21-23(27)25-19-11-4-3-10-18(19)24-21/h2-13H,14H2,1H3. The molecule has 0 aliphatic rings. The minimum absolute atomic E-state index is 0.000484. The van der Waals surface area contributed by atoms with Crippen molar-refractivity contribution in [3.8, 4) is 17.1 Å². The van der Waals surface area contributed by atoms with E-state index in [0.717, 1.165) is 22.3 Å². The van der Waals surface area contributed by atoms with E-state index in [1.54, 1.807) is 19.2 Å². The van der Waals surface area contributed by atoms with Crippen LogP contribution in [0.3, 0.4) is 0 Å². The van der Waals surface area contributed by atoms with Gasteiger partial charge in [-0.1, -0.05) is 42.5 Å². The molecule has 3 aromatic carbocycles. The monoisotopic (exact) mass is 411 g/mol. The molecule has 2 heterocycles. The summed E-state index contributed by atoms with van der Waals surface area (Å²) in [4.78, 5) is 25.1. The third kappa shape index (κ3) is 3.33. The first-order valence-corrected chi connectivity index (χ1v) is 9.64. The molecule has 8 nitrogen and oxygen atoms in total. The average Bonchev–Trinajstić information content (AvgIpc) is 3.15. The van der Waals surface area contributed by atoms with Gasteiger partial charge >= 0.3 is 0 Å². The number of para-hydroxylation sites is 3. The number of nitro benzene ring substituents is 1. The van der Waals surface area contributed by atoms with E-state index in [1.807, 2.05) is 53.1 Å². The summed E-state index contributed by atoms with van der Waals surface area (Å²) in [6.07, 6.45) is 0. The summed E-state index contributed by atoms with van der Waals surface area (Å²) in [6.45, 7) is 0.422. The first kappa shape index (κ1) is 18.7. The van der Waals surface area contributed by atoms with Crippen molar-refractivity contribution in [1.82, 2.24) is 19.5 Å². The maximum absolute atomic E-state index is 11.3. The Bertz CT molecular complexity index is 1440. The van der Waals surface area contributed by atoms with Gasteiger partial charge in [-0.2, -0.15) is 0 Å². The molecule has 8 heteroatoms. The van der Waals surface area contributed by atoms with Gasteiger partial charge in [0.15, 0.2) is 11.3 Å². The fourth-order valence-corrected chi connectivity index (χ4v) is 3.63. The molecule has 0 amide bonds. The topological polar surface area (TPSA) is 96.0 Å². The first-order chi connectivity index (χ1) is 15.1. The second kappa shape index (κ2) is 7.49. The molecule has 0 aliphatic carbocycles.